The van der Waals surface area contributed by atoms with Crippen molar-refractivity contribution in [2.24, 2.45) is 5.14 Å². The van der Waals surface area contributed by atoms with E-state index in [9.17, 15) is 0 Å². The van der Waals surface area contributed by atoms with Gasteiger partial charge >= 0.3 is 0 Å². The minimum atomic E-state index is 0.835. The van der Waals surface area contributed by atoms with Crippen LogP contribution in [0.15, 0.2) is 29.2 Å². The summed E-state index contributed by atoms with van der Waals surface area (Å²) in [6.45, 7) is 0. The first-order valence-electron chi connectivity index (χ1n) is 2.98. The third-order valence-corrected chi connectivity index (χ3v) is 1.82. The number of hydrogen-bond donors (Lipinski definition) is 3. The first-order valence-corrected chi connectivity index (χ1v) is 4.72. The Morgan fingerprint density at radius 1 is 1.36 bits per heavy atom. The lowest BCUT2D eigenvalue weighted by Gasteiger charge is -1.94. The van der Waals surface area contributed by atoms with Gasteiger partial charge < -0.3 is 5.73 Å². The molecule has 0 aliphatic carbocycles. The van der Waals surface area contributed by atoms with Gasteiger partial charge in [-0.1, -0.05) is 6.07 Å². The highest BCUT2D eigenvalue weighted by Gasteiger charge is 1.86. The van der Waals surface area contributed by atoms with Gasteiger partial charge in [-0.05, 0) is 24.5 Å². The summed E-state index contributed by atoms with van der Waals surface area (Å²) in [6, 6.07) is 7.85. The smallest absolute Gasteiger partial charge is 0.0325 e. The van der Waals surface area contributed by atoms with Crippen molar-refractivity contribution in [3.63, 3.8) is 0 Å². The maximum atomic E-state index is 5.52. The molecule has 0 heterocycles. The van der Waals surface area contributed by atoms with Gasteiger partial charge in [-0.15, -0.1) is 24.6 Å². The van der Waals surface area contributed by atoms with Crippen LogP contribution < -0.4 is 10.9 Å². The van der Waals surface area contributed by atoms with Crippen molar-refractivity contribution in [3.8, 4) is 0 Å². The molecule has 0 atom stereocenters. The van der Waals surface area contributed by atoms with E-state index in [4.69, 9.17) is 5.73 Å². The predicted molar refractivity (Wildman–Crippen MR) is 55.8 cm³/mol. The first-order chi connectivity index (χ1) is 5.33. The van der Waals surface area contributed by atoms with Crippen LogP contribution in [0.2, 0.25) is 0 Å². The van der Waals surface area contributed by atoms with Gasteiger partial charge in [0.15, 0.2) is 0 Å². The molecule has 4 heteroatoms. The van der Waals surface area contributed by atoms with Crippen LogP contribution in [-0.4, -0.2) is 6.26 Å². The highest BCUT2D eigenvalue weighted by Crippen LogP contribution is 2.16. The molecule has 0 bridgehead atoms. The number of anilines is 1. The van der Waals surface area contributed by atoms with Gasteiger partial charge in [0.1, 0.15) is 0 Å². The fourth-order valence-corrected chi connectivity index (χ4v) is 1.11. The summed E-state index contributed by atoms with van der Waals surface area (Å²) in [5, 5.41) is 4.19. The number of benzene rings is 1. The summed E-state index contributed by atoms with van der Waals surface area (Å²) >= 11 is 4.73. The zero-order valence-electron chi connectivity index (χ0n) is 6.32. The molecule has 0 fully saturated rings. The molecular formula is C7H12N2S2. The second-order valence-electron chi connectivity index (χ2n) is 1.78. The number of nitrogen functional groups attached to an aromatic ring is 1. The molecule has 4 N–H and O–H groups in total. The molecule has 0 saturated carbocycles. The van der Waals surface area contributed by atoms with Crippen LogP contribution in [0.25, 0.3) is 0 Å². The van der Waals surface area contributed by atoms with Crippen molar-refractivity contribution in [2.75, 3.05) is 12.0 Å². The van der Waals surface area contributed by atoms with Crippen molar-refractivity contribution in [3.05, 3.63) is 24.3 Å². The average molecular weight is 188 g/mol. The van der Waals surface area contributed by atoms with Crippen molar-refractivity contribution >= 4 is 30.3 Å². The molecule has 1 aromatic rings. The Morgan fingerprint density at radius 2 is 2.00 bits per heavy atom. The molecule has 0 unspecified atom stereocenters. The van der Waals surface area contributed by atoms with Gasteiger partial charge in [-0.25, -0.2) is 0 Å². The van der Waals surface area contributed by atoms with E-state index in [1.807, 2.05) is 30.5 Å². The van der Waals surface area contributed by atoms with Crippen molar-refractivity contribution in [2.45, 2.75) is 4.90 Å². The summed E-state index contributed by atoms with van der Waals surface area (Å²) in [7, 11) is 0. The van der Waals surface area contributed by atoms with Crippen LogP contribution in [0.1, 0.15) is 0 Å². The molecule has 11 heavy (non-hydrogen) atoms. The largest absolute Gasteiger partial charge is 0.399 e. The number of thiol groups is 1. The van der Waals surface area contributed by atoms with Gasteiger partial charge in [0.2, 0.25) is 0 Å². The topological polar surface area (TPSA) is 52.0 Å². The molecule has 0 aromatic heterocycles. The quantitative estimate of drug-likeness (QED) is 0.358. The summed E-state index contributed by atoms with van der Waals surface area (Å²) in [5.74, 6) is 0. The lowest BCUT2D eigenvalue weighted by molar-refractivity contribution is 1.47. The SMILES string of the molecule is CSc1cccc(N)c1.NS. The minimum Gasteiger partial charge on any atom is -0.399 e. The van der Waals surface area contributed by atoms with E-state index in [1.165, 1.54) is 4.90 Å². The minimum absolute atomic E-state index is 0.835. The molecule has 0 amide bonds. The van der Waals surface area contributed by atoms with E-state index < -0.39 is 0 Å². The second-order valence-corrected chi connectivity index (χ2v) is 2.66. The second kappa shape index (κ2) is 6.39. The first kappa shape index (κ1) is 10.7. The van der Waals surface area contributed by atoms with E-state index in [1.54, 1.807) is 11.8 Å². The summed E-state index contributed by atoms with van der Waals surface area (Å²) in [4.78, 5) is 1.22. The number of rotatable bonds is 1. The molecule has 62 valence electrons. The zero-order valence-corrected chi connectivity index (χ0v) is 8.03. The molecule has 0 spiro atoms. The molecule has 0 saturated heterocycles. The Hall–Kier alpha value is -0.320. The Bertz CT molecular complexity index is 203. The van der Waals surface area contributed by atoms with Gasteiger partial charge in [0.25, 0.3) is 0 Å². The predicted octanol–water partition coefficient (Wildman–Crippen LogP) is 1.78. The monoisotopic (exact) mass is 188 g/mol. The summed E-state index contributed by atoms with van der Waals surface area (Å²) in [6.07, 6.45) is 2.04. The number of thioether (sulfide) groups is 1. The molecule has 1 rings (SSSR count). The van der Waals surface area contributed by atoms with E-state index in [0.717, 1.165) is 5.69 Å². The van der Waals surface area contributed by atoms with Crippen LogP contribution in [0, 0.1) is 0 Å². The van der Waals surface area contributed by atoms with Crippen LogP contribution in [0.3, 0.4) is 0 Å². The lowest BCUT2D eigenvalue weighted by atomic mass is 10.3. The fraction of sp³-hybridized carbons (Fsp3) is 0.143. The average Bonchev–Trinajstić information content (AvgIpc) is 2.08. The van der Waals surface area contributed by atoms with E-state index in [2.05, 4.69) is 18.0 Å². The van der Waals surface area contributed by atoms with Gasteiger partial charge in [0, 0.05) is 10.6 Å². The van der Waals surface area contributed by atoms with E-state index in [-0.39, 0.29) is 0 Å². The highest BCUT2D eigenvalue weighted by atomic mass is 32.2. The summed E-state index contributed by atoms with van der Waals surface area (Å²) < 4.78 is 0. The van der Waals surface area contributed by atoms with Crippen LogP contribution in [-0.2, 0) is 0 Å². The van der Waals surface area contributed by atoms with Crippen LogP contribution in [0.4, 0.5) is 5.69 Å². The Balaban J connectivity index is 0.000000461. The molecule has 0 aliphatic rings. The van der Waals surface area contributed by atoms with Crippen LogP contribution in [0.5, 0.6) is 0 Å². The number of hydrogen-bond acceptors (Lipinski definition) is 4. The highest BCUT2D eigenvalue weighted by molar-refractivity contribution is 7.98. The van der Waals surface area contributed by atoms with Gasteiger partial charge in [-0.3, -0.25) is 5.14 Å². The molecule has 2 nitrogen and oxygen atoms in total. The third-order valence-electron chi connectivity index (χ3n) is 1.09. The van der Waals surface area contributed by atoms with Crippen molar-refractivity contribution < 1.29 is 0 Å². The molecule has 1 aromatic carbocycles. The van der Waals surface area contributed by atoms with Crippen LogP contribution >= 0.6 is 24.6 Å². The van der Waals surface area contributed by atoms with E-state index >= 15 is 0 Å². The Labute approximate surface area is 76.9 Å². The van der Waals surface area contributed by atoms with E-state index in [0.29, 0.717) is 0 Å². The zero-order chi connectivity index (χ0) is 8.69. The summed E-state index contributed by atoms with van der Waals surface area (Å²) in [5.41, 5.74) is 6.36. The normalized spacial score (nSPS) is 8.27. The Morgan fingerprint density at radius 3 is 2.36 bits per heavy atom. The van der Waals surface area contributed by atoms with Crippen molar-refractivity contribution in [1.29, 1.82) is 0 Å². The lowest BCUT2D eigenvalue weighted by Crippen LogP contribution is -1.82. The van der Waals surface area contributed by atoms with Crippen molar-refractivity contribution in [1.82, 2.24) is 0 Å². The molecular weight excluding hydrogens is 176 g/mol. The van der Waals surface area contributed by atoms with Gasteiger partial charge in [-0.2, -0.15) is 0 Å². The maximum Gasteiger partial charge on any atom is 0.0325 e. The third kappa shape index (κ3) is 4.19. The standard InChI is InChI=1S/C7H9NS.H3NS/c1-9-7-4-2-3-6(8)5-7;1-2/h2-5H,8H2,1H3;2H,1H2. The maximum absolute atomic E-state index is 5.52. The molecule has 0 aliphatic heterocycles. The molecule has 0 radical (unpaired) electrons. The fourth-order valence-electron chi connectivity index (χ4n) is 0.642. The number of nitrogens with two attached hydrogens (primary N) is 2. The van der Waals surface area contributed by atoms with Gasteiger partial charge in [0.05, 0.1) is 0 Å². The Kier molecular flexibility index (Phi) is 6.21.